The van der Waals surface area contributed by atoms with Crippen molar-refractivity contribution in [2.75, 3.05) is 17.6 Å². The second kappa shape index (κ2) is 6.27. The van der Waals surface area contributed by atoms with Crippen molar-refractivity contribution in [1.29, 1.82) is 0 Å². The summed E-state index contributed by atoms with van der Waals surface area (Å²) >= 11 is 0. The molecule has 1 fully saturated rings. The number of carbonyl (C=O) groups excluding carboxylic acids is 1. The summed E-state index contributed by atoms with van der Waals surface area (Å²) in [7, 11) is 0. The van der Waals surface area contributed by atoms with Crippen LogP contribution < -0.4 is 11.1 Å². The van der Waals surface area contributed by atoms with E-state index in [1.807, 2.05) is 25.1 Å². The minimum atomic E-state index is 0.0150. The summed E-state index contributed by atoms with van der Waals surface area (Å²) in [6.45, 7) is 6.82. The lowest BCUT2D eigenvalue weighted by Gasteiger charge is -2.38. The van der Waals surface area contributed by atoms with Gasteiger partial charge in [-0.05, 0) is 51.3 Å². The highest BCUT2D eigenvalue weighted by Gasteiger charge is 2.26. The van der Waals surface area contributed by atoms with Crippen molar-refractivity contribution >= 4 is 17.3 Å². The number of carbonyl (C=O) groups is 1. The maximum atomic E-state index is 12.2. The molecular weight excluding hydrogens is 250 g/mol. The van der Waals surface area contributed by atoms with Crippen LogP contribution in [0.3, 0.4) is 0 Å². The van der Waals surface area contributed by atoms with Gasteiger partial charge < -0.3 is 11.1 Å². The first kappa shape index (κ1) is 14.9. The molecule has 0 aromatic heterocycles. The molecule has 4 nitrogen and oxygen atoms in total. The van der Waals surface area contributed by atoms with Crippen molar-refractivity contribution in [3.8, 4) is 0 Å². The Labute approximate surface area is 121 Å². The molecule has 0 saturated carbocycles. The van der Waals surface area contributed by atoms with Gasteiger partial charge in [-0.3, -0.25) is 9.69 Å². The molecule has 1 amide bonds. The number of rotatable bonds is 3. The second-order valence-electron chi connectivity index (χ2n) is 5.94. The van der Waals surface area contributed by atoms with Crippen molar-refractivity contribution in [3.05, 3.63) is 23.8 Å². The van der Waals surface area contributed by atoms with Gasteiger partial charge in [0.1, 0.15) is 0 Å². The number of aryl methyl sites for hydroxylation is 1. The van der Waals surface area contributed by atoms with Crippen molar-refractivity contribution in [2.45, 2.75) is 52.1 Å². The number of anilines is 2. The van der Waals surface area contributed by atoms with E-state index in [0.29, 0.717) is 30.0 Å². The molecular formula is C16H25N3O. The first-order valence-electron chi connectivity index (χ1n) is 7.39. The molecule has 1 aliphatic heterocycles. The van der Waals surface area contributed by atoms with Gasteiger partial charge in [0.15, 0.2) is 0 Å². The molecule has 0 bridgehead atoms. The zero-order valence-electron chi connectivity index (χ0n) is 12.6. The van der Waals surface area contributed by atoms with Crippen LogP contribution >= 0.6 is 0 Å². The molecule has 1 saturated heterocycles. The molecule has 110 valence electrons. The fourth-order valence-electron chi connectivity index (χ4n) is 2.94. The van der Waals surface area contributed by atoms with Crippen LogP contribution in [-0.2, 0) is 4.79 Å². The van der Waals surface area contributed by atoms with E-state index in [4.69, 9.17) is 5.73 Å². The fourth-order valence-corrected chi connectivity index (χ4v) is 2.94. The zero-order valence-corrected chi connectivity index (χ0v) is 12.6. The molecule has 2 atom stereocenters. The quantitative estimate of drug-likeness (QED) is 0.834. The average molecular weight is 275 g/mol. The van der Waals surface area contributed by atoms with Gasteiger partial charge in [0.2, 0.25) is 5.91 Å². The van der Waals surface area contributed by atoms with Crippen LogP contribution in [0, 0.1) is 6.92 Å². The third-order valence-corrected chi connectivity index (χ3v) is 4.18. The molecule has 0 radical (unpaired) electrons. The predicted octanol–water partition coefficient (Wildman–Crippen LogP) is 2.78. The molecule has 1 aromatic rings. The minimum absolute atomic E-state index is 0.0150. The second-order valence-corrected chi connectivity index (χ2v) is 5.94. The van der Waals surface area contributed by atoms with Gasteiger partial charge >= 0.3 is 0 Å². The highest BCUT2D eigenvalue weighted by atomic mass is 16.2. The van der Waals surface area contributed by atoms with E-state index in [1.54, 1.807) is 0 Å². The van der Waals surface area contributed by atoms with Crippen molar-refractivity contribution in [3.63, 3.8) is 0 Å². The SMILES string of the molecule is Cc1ccc(NC(=O)CN2[C@H](C)CCC[C@@H]2C)c(N)c1. The Kier molecular flexibility index (Phi) is 4.65. The van der Waals surface area contributed by atoms with Crippen molar-refractivity contribution in [2.24, 2.45) is 0 Å². The van der Waals surface area contributed by atoms with Gasteiger partial charge in [0.05, 0.1) is 17.9 Å². The molecule has 1 aliphatic rings. The number of likely N-dealkylation sites (tertiary alicyclic amines) is 1. The molecule has 1 aromatic carbocycles. The highest BCUT2D eigenvalue weighted by Crippen LogP contribution is 2.23. The normalized spacial score (nSPS) is 23.6. The van der Waals surface area contributed by atoms with Gasteiger partial charge in [0, 0.05) is 12.1 Å². The van der Waals surface area contributed by atoms with E-state index in [2.05, 4.69) is 24.1 Å². The van der Waals surface area contributed by atoms with Gasteiger partial charge in [-0.2, -0.15) is 0 Å². The first-order valence-corrected chi connectivity index (χ1v) is 7.39. The molecule has 0 spiro atoms. The summed E-state index contributed by atoms with van der Waals surface area (Å²) in [5, 5.41) is 2.92. The van der Waals surface area contributed by atoms with Crippen LogP contribution in [0.4, 0.5) is 11.4 Å². The van der Waals surface area contributed by atoms with Gasteiger partial charge in [-0.15, -0.1) is 0 Å². The van der Waals surface area contributed by atoms with Crippen LogP contribution in [0.15, 0.2) is 18.2 Å². The number of nitrogens with one attached hydrogen (secondary N) is 1. The lowest BCUT2D eigenvalue weighted by Crippen LogP contribution is -2.47. The van der Waals surface area contributed by atoms with Crippen LogP contribution in [0.2, 0.25) is 0 Å². The zero-order chi connectivity index (χ0) is 14.7. The van der Waals surface area contributed by atoms with E-state index >= 15 is 0 Å². The third-order valence-electron chi connectivity index (χ3n) is 4.18. The summed E-state index contributed by atoms with van der Waals surface area (Å²) in [5.41, 5.74) is 8.35. The molecule has 3 N–H and O–H groups in total. The molecule has 4 heteroatoms. The van der Waals surface area contributed by atoms with E-state index in [0.717, 1.165) is 5.56 Å². The Balaban J connectivity index is 1.98. The maximum absolute atomic E-state index is 12.2. The number of nitrogen functional groups attached to an aromatic ring is 1. The Morgan fingerprint density at radius 1 is 1.35 bits per heavy atom. The number of hydrogen-bond donors (Lipinski definition) is 2. The number of hydrogen-bond acceptors (Lipinski definition) is 3. The van der Waals surface area contributed by atoms with Crippen LogP contribution in [0.1, 0.15) is 38.7 Å². The fraction of sp³-hybridized carbons (Fsp3) is 0.562. The minimum Gasteiger partial charge on any atom is -0.397 e. The Bertz CT molecular complexity index is 477. The number of piperidine rings is 1. The van der Waals surface area contributed by atoms with E-state index < -0.39 is 0 Å². The molecule has 0 unspecified atom stereocenters. The predicted molar refractivity (Wildman–Crippen MR) is 83.7 cm³/mol. The van der Waals surface area contributed by atoms with Crippen molar-refractivity contribution in [1.82, 2.24) is 4.90 Å². The highest BCUT2D eigenvalue weighted by molar-refractivity contribution is 5.95. The third kappa shape index (κ3) is 3.51. The first-order chi connectivity index (χ1) is 9.47. The smallest absolute Gasteiger partial charge is 0.238 e. The summed E-state index contributed by atoms with van der Waals surface area (Å²) in [4.78, 5) is 14.5. The van der Waals surface area contributed by atoms with E-state index in [-0.39, 0.29) is 5.91 Å². The molecule has 1 heterocycles. The molecule has 20 heavy (non-hydrogen) atoms. The summed E-state index contributed by atoms with van der Waals surface area (Å²) in [6, 6.07) is 6.64. The summed E-state index contributed by atoms with van der Waals surface area (Å²) in [5.74, 6) is 0.0150. The van der Waals surface area contributed by atoms with Crippen molar-refractivity contribution < 1.29 is 4.79 Å². The Morgan fingerprint density at radius 3 is 2.60 bits per heavy atom. The maximum Gasteiger partial charge on any atom is 0.238 e. The lowest BCUT2D eigenvalue weighted by molar-refractivity contribution is -0.118. The number of amides is 1. The topological polar surface area (TPSA) is 58.4 Å². The lowest BCUT2D eigenvalue weighted by atomic mass is 9.97. The van der Waals surface area contributed by atoms with Gasteiger partial charge in [-0.25, -0.2) is 0 Å². The summed E-state index contributed by atoms with van der Waals surface area (Å²) < 4.78 is 0. The Hall–Kier alpha value is -1.55. The largest absolute Gasteiger partial charge is 0.397 e. The number of benzene rings is 1. The Morgan fingerprint density at radius 2 is 2.00 bits per heavy atom. The van der Waals surface area contributed by atoms with Crippen LogP contribution in [-0.4, -0.2) is 29.4 Å². The number of nitrogens with two attached hydrogens (primary N) is 1. The van der Waals surface area contributed by atoms with E-state index in [1.165, 1.54) is 19.3 Å². The standard InChI is InChI=1S/C16H25N3O/c1-11-7-8-15(14(17)9-11)18-16(20)10-19-12(2)5-4-6-13(19)3/h7-9,12-13H,4-6,10,17H2,1-3H3,(H,18,20)/t12-,13+. The van der Waals surface area contributed by atoms with E-state index in [9.17, 15) is 4.79 Å². The molecule has 2 rings (SSSR count). The number of nitrogens with zero attached hydrogens (tertiary/aromatic N) is 1. The van der Waals surface area contributed by atoms with Gasteiger partial charge in [-0.1, -0.05) is 12.5 Å². The van der Waals surface area contributed by atoms with Crippen LogP contribution in [0.25, 0.3) is 0 Å². The monoisotopic (exact) mass is 275 g/mol. The molecule has 0 aliphatic carbocycles. The van der Waals surface area contributed by atoms with Crippen LogP contribution in [0.5, 0.6) is 0 Å². The summed E-state index contributed by atoms with van der Waals surface area (Å²) in [6.07, 6.45) is 3.60. The average Bonchev–Trinajstić information content (AvgIpc) is 2.37. The van der Waals surface area contributed by atoms with Gasteiger partial charge in [0.25, 0.3) is 0 Å².